The van der Waals surface area contributed by atoms with E-state index in [2.05, 4.69) is 44.8 Å². The van der Waals surface area contributed by atoms with E-state index in [1.54, 1.807) is 23.1 Å². The van der Waals surface area contributed by atoms with Crippen molar-refractivity contribution < 1.29 is 17.5 Å². The lowest BCUT2D eigenvalue weighted by molar-refractivity contribution is -0.633. The van der Waals surface area contributed by atoms with Gasteiger partial charge in [0.2, 0.25) is 11.2 Å². The maximum atomic E-state index is 11.2. The Labute approximate surface area is 201 Å². The molecule has 0 N–H and O–H groups in total. The lowest BCUT2D eigenvalue weighted by atomic mass is 10.1. The third-order valence-electron chi connectivity index (χ3n) is 5.57. The lowest BCUT2D eigenvalue weighted by Crippen LogP contribution is -2.32. The van der Waals surface area contributed by atoms with E-state index < -0.39 is 10.1 Å². The van der Waals surface area contributed by atoms with E-state index in [1.165, 1.54) is 0 Å². The number of para-hydroxylation sites is 2. The molecule has 0 bridgehead atoms. The zero-order chi connectivity index (χ0) is 23.0. The summed E-state index contributed by atoms with van der Waals surface area (Å²) in [6, 6.07) is 18.5. The van der Waals surface area contributed by atoms with E-state index >= 15 is 0 Å². The molecular weight excluding hydrogens is 474 g/mol. The number of aromatic nitrogens is 2. The number of hydrogen-bond acceptors (Lipinski definition) is 7. The molecule has 0 spiro atoms. The van der Waals surface area contributed by atoms with Crippen LogP contribution >= 0.6 is 23.1 Å². The molecular formula is C24H21N3O3S3. The number of fused-ring (bicyclic) bond motifs is 2. The Morgan fingerprint density at radius 2 is 1.94 bits per heavy atom. The first-order valence-electron chi connectivity index (χ1n) is 10.4. The molecule has 0 saturated heterocycles. The molecule has 0 fully saturated rings. The van der Waals surface area contributed by atoms with Gasteiger partial charge < -0.3 is 9.45 Å². The van der Waals surface area contributed by atoms with Crippen molar-refractivity contribution in [2.45, 2.75) is 11.3 Å². The molecule has 0 saturated carbocycles. The Kier molecular flexibility index (Phi) is 5.96. The second-order valence-electron chi connectivity index (χ2n) is 7.72. The zero-order valence-electron chi connectivity index (χ0n) is 17.8. The fraction of sp³-hybridized carbons (Fsp3) is 0.167. The van der Waals surface area contributed by atoms with Gasteiger partial charge in [-0.2, -0.15) is 4.57 Å². The Morgan fingerprint density at radius 3 is 2.73 bits per heavy atom. The van der Waals surface area contributed by atoms with Gasteiger partial charge in [-0.15, -0.1) is 11.3 Å². The van der Waals surface area contributed by atoms with Gasteiger partial charge in [0, 0.05) is 40.9 Å². The molecule has 1 aliphatic rings. The first kappa shape index (κ1) is 22.1. The highest BCUT2D eigenvalue weighted by Gasteiger charge is 2.26. The van der Waals surface area contributed by atoms with Gasteiger partial charge in [-0.05, 0) is 36.3 Å². The molecule has 6 nitrogen and oxygen atoms in total. The Bertz CT molecular complexity index is 1470. The Morgan fingerprint density at radius 1 is 1.15 bits per heavy atom. The molecule has 4 aromatic rings. The Balaban J connectivity index is 1.61. The van der Waals surface area contributed by atoms with Crippen molar-refractivity contribution in [1.29, 1.82) is 0 Å². The van der Waals surface area contributed by atoms with E-state index in [9.17, 15) is 13.0 Å². The van der Waals surface area contributed by atoms with Crippen molar-refractivity contribution in [2.75, 3.05) is 17.2 Å². The topological polar surface area (TPSA) is 77.2 Å². The van der Waals surface area contributed by atoms with Crippen LogP contribution in [-0.2, 0) is 17.2 Å². The molecule has 2 aromatic heterocycles. The van der Waals surface area contributed by atoms with Gasteiger partial charge >= 0.3 is 0 Å². The number of benzene rings is 2. The molecule has 33 heavy (non-hydrogen) atoms. The normalized spacial score (nSPS) is 14.8. The summed E-state index contributed by atoms with van der Waals surface area (Å²) in [5, 5.41) is 5.04. The fourth-order valence-electron chi connectivity index (χ4n) is 4.06. The van der Waals surface area contributed by atoms with Crippen molar-refractivity contribution in [3.63, 3.8) is 0 Å². The molecule has 9 heteroatoms. The molecule has 0 amide bonds. The van der Waals surface area contributed by atoms with E-state index in [0.717, 1.165) is 42.8 Å². The minimum Gasteiger partial charge on any atom is -0.748 e. The first-order chi connectivity index (χ1) is 15.9. The van der Waals surface area contributed by atoms with Gasteiger partial charge in [-0.1, -0.05) is 36.0 Å². The summed E-state index contributed by atoms with van der Waals surface area (Å²) in [6.45, 7) is 0.454. The monoisotopic (exact) mass is 495 g/mol. The average Bonchev–Trinajstić information content (AvgIpc) is 3.44. The molecule has 2 aromatic carbocycles. The summed E-state index contributed by atoms with van der Waals surface area (Å²) in [4.78, 5) is 7.73. The van der Waals surface area contributed by atoms with E-state index in [0.29, 0.717) is 6.54 Å². The van der Waals surface area contributed by atoms with Crippen LogP contribution in [0.2, 0.25) is 0 Å². The third kappa shape index (κ3) is 4.54. The third-order valence-corrected chi connectivity index (χ3v) is 8.27. The predicted molar refractivity (Wildman–Crippen MR) is 133 cm³/mol. The summed E-state index contributed by atoms with van der Waals surface area (Å²) in [6.07, 6.45) is 4.23. The predicted octanol–water partition coefficient (Wildman–Crippen LogP) is 4.63. The van der Waals surface area contributed by atoms with Crippen molar-refractivity contribution in [2.24, 2.45) is 7.05 Å². The van der Waals surface area contributed by atoms with Gasteiger partial charge in [0.15, 0.2) is 5.01 Å². The summed E-state index contributed by atoms with van der Waals surface area (Å²) in [5.74, 6) is -0.373. The molecule has 0 unspecified atom stereocenters. The number of nitrogens with zero attached hydrogens (tertiary/aromatic N) is 3. The smallest absolute Gasteiger partial charge is 0.242 e. The summed E-state index contributed by atoms with van der Waals surface area (Å²) >= 11 is 3.25. The number of pyridine rings is 1. The van der Waals surface area contributed by atoms with Crippen LogP contribution in [0.1, 0.15) is 12.0 Å². The van der Waals surface area contributed by atoms with Crippen LogP contribution < -0.4 is 9.47 Å². The van der Waals surface area contributed by atoms with Crippen LogP contribution in [0.15, 0.2) is 76.1 Å². The number of hydrogen-bond donors (Lipinski definition) is 0. The lowest BCUT2D eigenvalue weighted by Gasteiger charge is -2.21. The van der Waals surface area contributed by atoms with Gasteiger partial charge in [-0.25, -0.2) is 13.4 Å². The number of thiazole rings is 1. The van der Waals surface area contributed by atoms with E-state index in [1.807, 2.05) is 49.0 Å². The van der Waals surface area contributed by atoms with Crippen molar-refractivity contribution in [1.82, 2.24) is 4.98 Å². The number of anilines is 1. The van der Waals surface area contributed by atoms with E-state index in [4.69, 9.17) is 0 Å². The van der Waals surface area contributed by atoms with Crippen molar-refractivity contribution in [3.8, 4) is 10.7 Å². The minimum atomic E-state index is -4.25. The highest BCUT2D eigenvalue weighted by atomic mass is 32.2. The molecule has 0 radical (unpaired) electrons. The minimum absolute atomic E-state index is 0.271. The SMILES string of the molecule is C[n+]1c(-c2nccs2)cc(C=C2Sc3ccccc3N2CCCS(=O)(=O)[O-])c2ccccc21. The maximum absolute atomic E-state index is 11.2. The van der Waals surface area contributed by atoms with Crippen LogP contribution in [-0.4, -0.2) is 30.3 Å². The summed E-state index contributed by atoms with van der Waals surface area (Å²) in [7, 11) is -2.20. The second kappa shape index (κ2) is 8.90. The van der Waals surface area contributed by atoms with Crippen LogP contribution in [0.5, 0.6) is 0 Å². The van der Waals surface area contributed by atoms with Crippen LogP contribution in [0.3, 0.4) is 0 Å². The quantitative estimate of drug-likeness (QED) is 0.287. The van der Waals surface area contributed by atoms with Crippen LogP contribution in [0, 0.1) is 0 Å². The molecule has 0 atom stereocenters. The maximum Gasteiger partial charge on any atom is 0.242 e. The largest absolute Gasteiger partial charge is 0.748 e. The molecule has 3 heterocycles. The zero-order valence-corrected chi connectivity index (χ0v) is 20.3. The van der Waals surface area contributed by atoms with Gasteiger partial charge in [0.25, 0.3) is 0 Å². The van der Waals surface area contributed by atoms with Gasteiger partial charge in [-0.3, -0.25) is 0 Å². The number of aryl methyl sites for hydroxylation is 1. The van der Waals surface area contributed by atoms with Crippen LogP contribution in [0.25, 0.3) is 27.7 Å². The summed E-state index contributed by atoms with van der Waals surface area (Å²) in [5.41, 5.74) is 4.22. The number of rotatable bonds is 6. The Hall–Kier alpha value is -2.72. The van der Waals surface area contributed by atoms with Crippen LogP contribution in [0.4, 0.5) is 5.69 Å². The highest BCUT2D eigenvalue weighted by molar-refractivity contribution is 8.03. The number of thioether (sulfide) groups is 1. The van der Waals surface area contributed by atoms with Gasteiger partial charge in [0.1, 0.15) is 7.05 Å². The van der Waals surface area contributed by atoms with E-state index in [-0.39, 0.29) is 12.2 Å². The molecule has 1 aliphatic heterocycles. The van der Waals surface area contributed by atoms with Gasteiger partial charge in [0.05, 0.1) is 26.2 Å². The fourth-order valence-corrected chi connectivity index (χ4v) is 6.37. The standard InChI is InChI=1S/C24H21N3O3S3/c1-26-19-8-3-2-7-18(19)17(15-21(26)24-25-11-13-31-24)16-23-27(12-6-14-33(28,29)30)20-9-4-5-10-22(20)32-23/h2-5,7-11,13,15-16H,6,12,14H2,1H3. The highest BCUT2D eigenvalue weighted by Crippen LogP contribution is 2.47. The van der Waals surface area contributed by atoms with Crippen molar-refractivity contribution in [3.05, 3.63) is 76.8 Å². The van der Waals surface area contributed by atoms with Crippen molar-refractivity contribution >= 4 is 55.9 Å². The first-order valence-corrected chi connectivity index (χ1v) is 13.7. The summed E-state index contributed by atoms with van der Waals surface area (Å²) < 4.78 is 35.6. The second-order valence-corrected chi connectivity index (χ2v) is 11.2. The molecule has 0 aliphatic carbocycles. The molecule has 168 valence electrons. The molecule has 5 rings (SSSR count). The average molecular weight is 496 g/mol.